The van der Waals surface area contributed by atoms with Crippen molar-refractivity contribution in [3.63, 3.8) is 0 Å². The van der Waals surface area contributed by atoms with Gasteiger partial charge in [0.1, 0.15) is 0 Å². The zero-order chi connectivity index (χ0) is 18.8. The van der Waals surface area contributed by atoms with E-state index in [0.29, 0.717) is 6.54 Å². The standard InChI is InChI=1S/C23H29N3O/c1-18-7-5-11-21(19(18)2)25-15-13-24(14-16-25)17-23(27)26-12-6-9-20-8-3-4-10-22(20)26/h3-5,7-8,10-11H,6,9,12-17H2,1-2H3. The zero-order valence-electron chi connectivity index (χ0n) is 16.4. The number of nitrogens with zero attached hydrogens (tertiary/aromatic N) is 3. The maximum atomic E-state index is 12.9. The first-order valence-electron chi connectivity index (χ1n) is 10.1. The number of para-hydroxylation sites is 1. The van der Waals surface area contributed by atoms with Crippen molar-refractivity contribution in [1.29, 1.82) is 0 Å². The number of hydrogen-bond donors (Lipinski definition) is 0. The highest BCUT2D eigenvalue weighted by molar-refractivity contribution is 5.96. The van der Waals surface area contributed by atoms with Crippen molar-refractivity contribution in [1.82, 2.24) is 4.90 Å². The Hall–Kier alpha value is -2.33. The SMILES string of the molecule is Cc1cccc(N2CCN(CC(=O)N3CCCc4ccccc43)CC2)c1C. The molecule has 4 heteroatoms. The normalized spacial score (nSPS) is 17.7. The van der Waals surface area contributed by atoms with Gasteiger partial charge in [0.15, 0.2) is 0 Å². The van der Waals surface area contributed by atoms with Crippen LogP contribution in [0.3, 0.4) is 0 Å². The summed E-state index contributed by atoms with van der Waals surface area (Å²) in [4.78, 5) is 19.7. The van der Waals surface area contributed by atoms with Crippen molar-refractivity contribution in [2.24, 2.45) is 0 Å². The van der Waals surface area contributed by atoms with Crippen LogP contribution in [-0.2, 0) is 11.2 Å². The number of carbonyl (C=O) groups excluding carboxylic acids is 1. The molecule has 4 nitrogen and oxygen atoms in total. The molecule has 2 aromatic carbocycles. The van der Waals surface area contributed by atoms with Gasteiger partial charge in [-0.25, -0.2) is 0 Å². The van der Waals surface area contributed by atoms with Gasteiger partial charge in [0.05, 0.1) is 6.54 Å². The number of hydrogen-bond acceptors (Lipinski definition) is 3. The number of aryl methyl sites for hydroxylation is 2. The topological polar surface area (TPSA) is 26.8 Å². The Kier molecular flexibility index (Phi) is 5.17. The van der Waals surface area contributed by atoms with E-state index in [4.69, 9.17) is 0 Å². The number of fused-ring (bicyclic) bond motifs is 1. The largest absolute Gasteiger partial charge is 0.369 e. The highest BCUT2D eigenvalue weighted by Gasteiger charge is 2.26. The van der Waals surface area contributed by atoms with Crippen LogP contribution in [0, 0.1) is 13.8 Å². The Morgan fingerprint density at radius 3 is 2.44 bits per heavy atom. The molecule has 2 aliphatic heterocycles. The van der Waals surface area contributed by atoms with Gasteiger partial charge in [0.25, 0.3) is 0 Å². The molecule has 0 aromatic heterocycles. The minimum absolute atomic E-state index is 0.238. The van der Waals surface area contributed by atoms with Gasteiger partial charge >= 0.3 is 0 Å². The van der Waals surface area contributed by atoms with E-state index in [9.17, 15) is 4.79 Å². The van der Waals surface area contributed by atoms with E-state index in [1.807, 2.05) is 11.0 Å². The van der Waals surface area contributed by atoms with Crippen molar-refractivity contribution in [2.45, 2.75) is 26.7 Å². The van der Waals surface area contributed by atoms with Gasteiger partial charge in [0, 0.05) is 44.1 Å². The third-order valence-corrected chi connectivity index (χ3v) is 6.06. The molecule has 1 amide bonds. The molecule has 0 aliphatic carbocycles. The molecule has 2 aliphatic rings. The first-order valence-corrected chi connectivity index (χ1v) is 10.1. The summed E-state index contributed by atoms with van der Waals surface area (Å²) in [6, 6.07) is 14.9. The molecule has 27 heavy (non-hydrogen) atoms. The molecular formula is C23H29N3O. The van der Waals surface area contributed by atoms with Crippen LogP contribution in [0.5, 0.6) is 0 Å². The van der Waals surface area contributed by atoms with Gasteiger partial charge < -0.3 is 9.80 Å². The summed E-state index contributed by atoms with van der Waals surface area (Å²) >= 11 is 0. The molecule has 1 fully saturated rings. The van der Waals surface area contributed by atoms with Crippen LogP contribution in [0.2, 0.25) is 0 Å². The summed E-state index contributed by atoms with van der Waals surface area (Å²) in [6.45, 7) is 9.58. The second-order valence-corrected chi connectivity index (χ2v) is 7.76. The van der Waals surface area contributed by atoms with E-state index in [2.05, 4.69) is 60.0 Å². The Bertz CT molecular complexity index is 824. The fourth-order valence-corrected chi connectivity index (χ4v) is 4.29. The number of amides is 1. The first kappa shape index (κ1) is 18.1. The Balaban J connectivity index is 1.37. The van der Waals surface area contributed by atoms with Gasteiger partial charge in [-0.1, -0.05) is 30.3 Å². The van der Waals surface area contributed by atoms with Crippen molar-refractivity contribution in [3.8, 4) is 0 Å². The summed E-state index contributed by atoms with van der Waals surface area (Å²) in [5.41, 5.74) is 6.46. The molecule has 142 valence electrons. The van der Waals surface area contributed by atoms with E-state index < -0.39 is 0 Å². The van der Waals surface area contributed by atoms with E-state index in [-0.39, 0.29) is 5.91 Å². The molecule has 2 aromatic rings. The maximum Gasteiger partial charge on any atom is 0.241 e. The second kappa shape index (κ2) is 7.73. The van der Waals surface area contributed by atoms with Crippen LogP contribution in [0.4, 0.5) is 11.4 Å². The van der Waals surface area contributed by atoms with Gasteiger partial charge in [-0.05, 0) is 55.5 Å². The monoisotopic (exact) mass is 363 g/mol. The minimum atomic E-state index is 0.238. The van der Waals surface area contributed by atoms with Crippen LogP contribution in [0.15, 0.2) is 42.5 Å². The first-order chi connectivity index (χ1) is 13.1. The van der Waals surface area contributed by atoms with Crippen molar-refractivity contribution in [2.75, 3.05) is 49.1 Å². The smallest absolute Gasteiger partial charge is 0.241 e. The lowest BCUT2D eigenvalue weighted by atomic mass is 10.0. The lowest BCUT2D eigenvalue weighted by Crippen LogP contribution is -2.51. The number of rotatable bonds is 3. The zero-order valence-corrected chi connectivity index (χ0v) is 16.4. The second-order valence-electron chi connectivity index (χ2n) is 7.76. The van der Waals surface area contributed by atoms with Gasteiger partial charge in [-0.3, -0.25) is 9.69 Å². The number of benzene rings is 2. The molecule has 0 atom stereocenters. The molecule has 0 saturated carbocycles. The van der Waals surface area contributed by atoms with E-state index in [1.54, 1.807) is 0 Å². The van der Waals surface area contributed by atoms with Crippen molar-refractivity contribution < 1.29 is 4.79 Å². The van der Waals surface area contributed by atoms with Gasteiger partial charge in [-0.2, -0.15) is 0 Å². The Morgan fingerprint density at radius 1 is 0.889 bits per heavy atom. The summed E-state index contributed by atoms with van der Waals surface area (Å²) < 4.78 is 0. The molecule has 0 N–H and O–H groups in total. The fraction of sp³-hybridized carbons (Fsp3) is 0.435. The average molecular weight is 364 g/mol. The minimum Gasteiger partial charge on any atom is -0.369 e. The Morgan fingerprint density at radius 2 is 1.63 bits per heavy atom. The predicted octanol–water partition coefficient (Wildman–Crippen LogP) is 3.40. The highest BCUT2D eigenvalue weighted by Crippen LogP contribution is 2.27. The maximum absolute atomic E-state index is 12.9. The molecule has 1 saturated heterocycles. The summed E-state index contributed by atoms with van der Waals surface area (Å²) in [6.07, 6.45) is 2.14. The fourth-order valence-electron chi connectivity index (χ4n) is 4.29. The average Bonchev–Trinajstić information content (AvgIpc) is 2.70. The molecule has 0 bridgehead atoms. The molecule has 0 spiro atoms. The molecule has 4 rings (SSSR count). The van der Waals surface area contributed by atoms with Gasteiger partial charge in [-0.15, -0.1) is 0 Å². The van der Waals surface area contributed by atoms with E-state index >= 15 is 0 Å². The molecular weight excluding hydrogens is 334 g/mol. The van der Waals surface area contributed by atoms with Crippen molar-refractivity contribution >= 4 is 17.3 Å². The quantitative estimate of drug-likeness (QED) is 0.836. The summed E-state index contributed by atoms with van der Waals surface area (Å²) in [5, 5.41) is 0. The van der Waals surface area contributed by atoms with Crippen LogP contribution in [-0.4, -0.2) is 50.1 Å². The number of carbonyl (C=O) groups is 1. The van der Waals surface area contributed by atoms with Crippen LogP contribution >= 0.6 is 0 Å². The third-order valence-electron chi connectivity index (χ3n) is 6.06. The predicted molar refractivity (Wildman–Crippen MR) is 112 cm³/mol. The lowest BCUT2D eigenvalue weighted by molar-refractivity contribution is -0.119. The number of piperazine rings is 1. The van der Waals surface area contributed by atoms with Gasteiger partial charge in [0.2, 0.25) is 5.91 Å². The molecule has 0 unspecified atom stereocenters. The van der Waals surface area contributed by atoms with E-state index in [0.717, 1.165) is 51.3 Å². The summed E-state index contributed by atoms with van der Waals surface area (Å²) in [5.74, 6) is 0.238. The molecule has 0 radical (unpaired) electrons. The highest BCUT2D eigenvalue weighted by atomic mass is 16.2. The van der Waals surface area contributed by atoms with Crippen LogP contribution < -0.4 is 9.80 Å². The molecule has 2 heterocycles. The van der Waals surface area contributed by atoms with E-state index in [1.165, 1.54) is 22.4 Å². The third kappa shape index (κ3) is 3.72. The number of anilines is 2. The van der Waals surface area contributed by atoms with Crippen LogP contribution in [0.1, 0.15) is 23.1 Å². The lowest BCUT2D eigenvalue weighted by Gasteiger charge is -2.38. The van der Waals surface area contributed by atoms with Crippen LogP contribution in [0.25, 0.3) is 0 Å². The summed E-state index contributed by atoms with van der Waals surface area (Å²) in [7, 11) is 0. The van der Waals surface area contributed by atoms with Crippen molar-refractivity contribution in [3.05, 3.63) is 59.2 Å². The Labute approximate surface area is 162 Å².